The van der Waals surface area contributed by atoms with Gasteiger partial charge in [0.15, 0.2) is 0 Å². The van der Waals surface area contributed by atoms with Crippen molar-refractivity contribution < 1.29 is 9.50 Å². The molecule has 0 atom stereocenters. The van der Waals surface area contributed by atoms with Crippen molar-refractivity contribution in [2.75, 3.05) is 18.5 Å². The van der Waals surface area contributed by atoms with Gasteiger partial charge in [0.25, 0.3) is 0 Å². The third kappa shape index (κ3) is 3.59. The van der Waals surface area contributed by atoms with E-state index >= 15 is 0 Å². The van der Waals surface area contributed by atoms with Crippen LogP contribution in [-0.2, 0) is 0 Å². The zero-order chi connectivity index (χ0) is 9.52. The number of anilines is 1. The van der Waals surface area contributed by atoms with Crippen molar-refractivity contribution in [1.29, 1.82) is 0 Å². The monoisotopic (exact) mass is 179 g/mol. The van der Waals surface area contributed by atoms with Gasteiger partial charge >= 0.3 is 0 Å². The van der Waals surface area contributed by atoms with Crippen LogP contribution in [0.25, 0.3) is 0 Å². The van der Waals surface area contributed by atoms with Gasteiger partial charge in [0, 0.05) is 5.69 Å². The topological polar surface area (TPSA) is 32.3 Å². The molecule has 0 fully saturated rings. The highest BCUT2D eigenvalue weighted by Crippen LogP contribution is 2.06. The summed E-state index contributed by atoms with van der Waals surface area (Å²) in [4.78, 5) is 0. The van der Waals surface area contributed by atoms with Crippen LogP contribution in [0.1, 0.15) is 0 Å². The molecule has 0 saturated heterocycles. The molecule has 0 unspecified atom stereocenters. The number of aliphatic hydroxyl groups excluding tert-OH is 1. The molecule has 0 bridgehead atoms. The van der Waals surface area contributed by atoms with Crippen LogP contribution in [0.15, 0.2) is 24.3 Å². The minimum absolute atomic E-state index is 0.134. The lowest BCUT2D eigenvalue weighted by atomic mass is 10.3. The van der Waals surface area contributed by atoms with Gasteiger partial charge in [-0.25, -0.2) is 4.39 Å². The van der Waals surface area contributed by atoms with Crippen molar-refractivity contribution >= 4 is 5.69 Å². The number of aliphatic hydroxyl groups is 1. The summed E-state index contributed by atoms with van der Waals surface area (Å²) in [7, 11) is 0. The molecule has 1 aromatic carbocycles. The van der Waals surface area contributed by atoms with E-state index in [9.17, 15) is 4.39 Å². The summed E-state index contributed by atoms with van der Waals surface area (Å²) in [5.41, 5.74) is 0.814. The lowest BCUT2D eigenvalue weighted by Gasteiger charge is -2.00. The van der Waals surface area contributed by atoms with Gasteiger partial charge in [0.1, 0.15) is 12.4 Å². The SMILES string of the molecule is OCC#CCNc1ccc(F)cc1. The van der Waals surface area contributed by atoms with Gasteiger partial charge < -0.3 is 10.4 Å². The maximum Gasteiger partial charge on any atom is 0.123 e. The van der Waals surface area contributed by atoms with E-state index in [1.807, 2.05) is 0 Å². The van der Waals surface area contributed by atoms with Crippen LogP contribution in [0, 0.1) is 17.7 Å². The Kier molecular flexibility index (Phi) is 3.80. The van der Waals surface area contributed by atoms with Crippen molar-refractivity contribution in [3.63, 3.8) is 0 Å². The van der Waals surface area contributed by atoms with Gasteiger partial charge in [-0.05, 0) is 24.3 Å². The maximum absolute atomic E-state index is 12.4. The summed E-state index contributed by atoms with van der Waals surface area (Å²) >= 11 is 0. The first-order valence-electron chi connectivity index (χ1n) is 3.89. The van der Waals surface area contributed by atoms with Crippen molar-refractivity contribution in [3.8, 4) is 11.8 Å². The molecule has 13 heavy (non-hydrogen) atoms. The van der Waals surface area contributed by atoms with Crippen LogP contribution in [0.2, 0.25) is 0 Å². The molecule has 0 aliphatic carbocycles. The van der Waals surface area contributed by atoms with Crippen LogP contribution in [-0.4, -0.2) is 18.3 Å². The summed E-state index contributed by atoms with van der Waals surface area (Å²) in [5, 5.41) is 11.3. The van der Waals surface area contributed by atoms with Crippen LogP contribution in [0.4, 0.5) is 10.1 Å². The zero-order valence-corrected chi connectivity index (χ0v) is 7.05. The molecule has 0 spiro atoms. The average Bonchev–Trinajstić information content (AvgIpc) is 2.15. The minimum Gasteiger partial charge on any atom is -0.384 e. The van der Waals surface area contributed by atoms with Crippen molar-refractivity contribution in [3.05, 3.63) is 30.1 Å². The van der Waals surface area contributed by atoms with Crippen LogP contribution < -0.4 is 5.32 Å². The molecule has 0 aliphatic rings. The van der Waals surface area contributed by atoms with Crippen molar-refractivity contribution in [2.45, 2.75) is 0 Å². The van der Waals surface area contributed by atoms with E-state index in [0.29, 0.717) is 6.54 Å². The van der Waals surface area contributed by atoms with Crippen molar-refractivity contribution in [1.82, 2.24) is 0 Å². The Morgan fingerprint density at radius 2 is 1.92 bits per heavy atom. The van der Waals surface area contributed by atoms with E-state index in [1.165, 1.54) is 12.1 Å². The second-order valence-corrected chi connectivity index (χ2v) is 2.37. The highest BCUT2D eigenvalue weighted by atomic mass is 19.1. The lowest BCUT2D eigenvalue weighted by molar-refractivity contribution is 0.350. The van der Waals surface area contributed by atoms with Crippen molar-refractivity contribution in [2.24, 2.45) is 0 Å². The third-order valence-electron chi connectivity index (χ3n) is 1.43. The Balaban J connectivity index is 2.41. The molecule has 0 aliphatic heterocycles. The first kappa shape index (κ1) is 9.56. The predicted molar refractivity (Wildman–Crippen MR) is 49.8 cm³/mol. The van der Waals surface area contributed by atoms with E-state index in [2.05, 4.69) is 17.2 Å². The minimum atomic E-state index is -0.257. The molecule has 2 nitrogen and oxygen atoms in total. The number of rotatable bonds is 2. The molecule has 0 radical (unpaired) electrons. The molecular formula is C10H10FNO. The van der Waals surface area contributed by atoms with E-state index in [1.54, 1.807) is 12.1 Å². The van der Waals surface area contributed by atoms with E-state index < -0.39 is 0 Å². The zero-order valence-electron chi connectivity index (χ0n) is 7.05. The van der Waals surface area contributed by atoms with E-state index in [0.717, 1.165) is 5.69 Å². The molecular weight excluding hydrogens is 169 g/mol. The Bertz CT molecular complexity index is 310. The van der Waals surface area contributed by atoms with Gasteiger partial charge in [-0.2, -0.15) is 0 Å². The fourth-order valence-corrected chi connectivity index (χ4v) is 0.832. The standard InChI is InChI=1S/C10H10FNO/c11-9-3-5-10(6-4-9)12-7-1-2-8-13/h3-6,12-13H,7-8H2. The Morgan fingerprint density at radius 1 is 1.23 bits per heavy atom. The number of hydrogen-bond donors (Lipinski definition) is 2. The van der Waals surface area contributed by atoms with Gasteiger partial charge in [-0.3, -0.25) is 0 Å². The van der Waals surface area contributed by atoms with Gasteiger partial charge in [0.2, 0.25) is 0 Å². The quantitative estimate of drug-likeness (QED) is 0.669. The largest absolute Gasteiger partial charge is 0.384 e. The molecule has 3 heteroatoms. The summed E-state index contributed by atoms with van der Waals surface area (Å²) in [6, 6.07) is 6.02. The normalized spacial score (nSPS) is 8.77. The highest BCUT2D eigenvalue weighted by molar-refractivity contribution is 5.43. The van der Waals surface area contributed by atoms with E-state index in [-0.39, 0.29) is 12.4 Å². The number of halogens is 1. The first-order valence-corrected chi connectivity index (χ1v) is 3.89. The summed E-state index contributed by atoms with van der Waals surface area (Å²) < 4.78 is 12.4. The molecule has 1 rings (SSSR count). The summed E-state index contributed by atoms with van der Waals surface area (Å²) in [6.07, 6.45) is 0. The molecule has 0 heterocycles. The molecule has 0 saturated carbocycles. The Morgan fingerprint density at radius 3 is 2.54 bits per heavy atom. The van der Waals surface area contributed by atoms with Crippen LogP contribution in [0.3, 0.4) is 0 Å². The maximum atomic E-state index is 12.4. The van der Waals surface area contributed by atoms with E-state index in [4.69, 9.17) is 5.11 Å². The Labute approximate surface area is 76.4 Å². The fraction of sp³-hybridized carbons (Fsp3) is 0.200. The van der Waals surface area contributed by atoms with Gasteiger partial charge in [0.05, 0.1) is 6.54 Å². The average molecular weight is 179 g/mol. The smallest absolute Gasteiger partial charge is 0.123 e. The molecule has 68 valence electrons. The first-order chi connectivity index (χ1) is 6.33. The van der Waals surface area contributed by atoms with Gasteiger partial charge in [-0.1, -0.05) is 11.8 Å². The summed E-state index contributed by atoms with van der Waals surface area (Å²) in [6.45, 7) is 0.317. The lowest BCUT2D eigenvalue weighted by Crippen LogP contribution is -1.98. The second kappa shape index (κ2) is 5.18. The Hall–Kier alpha value is -1.53. The number of benzene rings is 1. The molecule has 0 aromatic heterocycles. The third-order valence-corrected chi connectivity index (χ3v) is 1.43. The summed E-state index contributed by atoms with van der Waals surface area (Å²) in [5.74, 6) is 4.93. The highest BCUT2D eigenvalue weighted by Gasteiger charge is 1.89. The predicted octanol–water partition coefficient (Wildman–Crippen LogP) is 1.23. The van der Waals surface area contributed by atoms with Gasteiger partial charge in [-0.15, -0.1) is 0 Å². The number of nitrogens with one attached hydrogen (secondary N) is 1. The molecule has 2 N–H and O–H groups in total. The van der Waals surface area contributed by atoms with Crippen LogP contribution >= 0.6 is 0 Å². The fourth-order valence-electron chi connectivity index (χ4n) is 0.832. The second-order valence-electron chi connectivity index (χ2n) is 2.37. The number of hydrogen-bond acceptors (Lipinski definition) is 2. The molecule has 1 aromatic rings. The molecule has 0 amide bonds. The van der Waals surface area contributed by atoms with Crippen LogP contribution in [0.5, 0.6) is 0 Å².